The Morgan fingerprint density at radius 2 is 1.95 bits per heavy atom. The summed E-state index contributed by atoms with van der Waals surface area (Å²) < 4.78 is 3.98. The Morgan fingerprint density at radius 3 is 2.70 bits per heavy atom. The highest BCUT2D eigenvalue weighted by Crippen LogP contribution is 2.29. The van der Waals surface area contributed by atoms with Gasteiger partial charge in [0.1, 0.15) is 0 Å². The summed E-state index contributed by atoms with van der Waals surface area (Å²) in [5, 5.41) is 0.997. The molecule has 0 amide bonds. The fraction of sp³-hybridized carbons (Fsp3) is 0.231. The molecule has 0 bridgehead atoms. The molecule has 7 heteroatoms. The van der Waals surface area contributed by atoms with Gasteiger partial charge in [0.15, 0.2) is 0 Å². The lowest BCUT2D eigenvalue weighted by Crippen LogP contribution is -2.06. The Labute approximate surface area is 125 Å². The standard InChI is InChI=1S/C13H13Cl2N5/c14-9-6-11-12(7-10(9)15)20(13(16)18-11)4-1-3-19-5-2-17-8-19/h2,5-8H,1,3-4H2,(H2,16,18). The topological polar surface area (TPSA) is 61.7 Å². The lowest BCUT2D eigenvalue weighted by atomic mass is 10.3. The van der Waals surface area contributed by atoms with E-state index in [2.05, 4.69) is 9.97 Å². The summed E-state index contributed by atoms with van der Waals surface area (Å²) in [6.07, 6.45) is 6.42. The Morgan fingerprint density at radius 1 is 1.15 bits per heavy atom. The Kier molecular flexibility index (Phi) is 3.54. The van der Waals surface area contributed by atoms with Crippen LogP contribution in [0.5, 0.6) is 0 Å². The zero-order valence-electron chi connectivity index (χ0n) is 10.6. The van der Waals surface area contributed by atoms with Crippen LogP contribution in [0.15, 0.2) is 30.9 Å². The lowest BCUT2D eigenvalue weighted by Gasteiger charge is -2.07. The van der Waals surface area contributed by atoms with Gasteiger partial charge in [-0.3, -0.25) is 0 Å². The van der Waals surface area contributed by atoms with Crippen molar-refractivity contribution in [2.45, 2.75) is 19.5 Å². The van der Waals surface area contributed by atoms with Crippen LogP contribution < -0.4 is 5.73 Å². The summed E-state index contributed by atoms with van der Waals surface area (Å²) in [5.74, 6) is 0.476. The summed E-state index contributed by atoms with van der Waals surface area (Å²) in [7, 11) is 0. The van der Waals surface area contributed by atoms with E-state index in [9.17, 15) is 0 Å². The molecule has 20 heavy (non-hydrogen) atoms. The fourth-order valence-corrected chi connectivity index (χ4v) is 2.52. The molecule has 0 radical (unpaired) electrons. The van der Waals surface area contributed by atoms with Gasteiger partial charge >= 0.3 is 0 Å². The van der Waals surface area contributed by atoms with E-state index in [0.717, 1.165) is 30.5 Å². The molecule has 0 aliphatic heterocycles. The first kappa shape index (κ1) is 13.3. The van der Waals surface area contributed by atoms with Crippen molar-refractivity contribution in [1.29, 1.82) is 0 Å². The van der Waals surface area contributed by atoms with Gasteiger partial charge in [0, 0.05) is 25.5 Å². The molecule has 0 atom stereocenters. The van der Waals surface area contributed by atoms with Crippen LogP contribution in [-0.4, -0.2) is 19.1 Å². The predicted molar refractivity (Wildman–Crippen MR) is 81.0 cm³/mol. The van der Waals surface area contributed by atoms with Crippen molar-refractivity contribution >= 4 is 40.2 Å². The molecule has 3 aromatic rings. The Hall–Kier alpha value is -1.72. The highest BCUT2D eigenvalue weighted by atomic mass is 35.5. The number of aryl methyl sites for hydroxylation is 2. The van der Waals surface area contributed by atoms with Crippen LogP contribution >= 0.6 is 23.2 Å². The van der Waals surface area contributed by atoms with Crippen molar-refractivity contribution in [1.82, 2.24) is 19.1 Å². The quantitative estimate of drug-likeness (QED) is 0.805. The van der Waals surface area contributed by atoms with E-state index in [4.69, 9.17) is 28.9 Å². The van der Waals surface area contributed by atoms with Gasteiger partial charge in [0.2, 0.25) is 5.95 Å². The molecular weight excluding hydrogens is 297 g/mol. The van der Waals surface area contributed by atoms with Crippen LogP contribution in [0.2, 0.25) is 10.0 Å². The van der Waals surface area contributed by atoms with E-state index in [1.807, 2.05) is 15.3 Å². The first-order valence-electron chi connectivity index (χ1n) is 6.21. The van der Waals surface area contributed by atoms with Crippen LogP contribution in [0.4, 0.5) is 5.95 Å². The van der Waals surface area contributed by atoms with Gasteiger partial charge in [-0.25, -0.2) is 9.97 Å². The molecule has 0 aliphatic carbocycles. The molecule has 1 aromatic carbocycles. The second-order valence-electron chi connectivity index (χ2n) is 4.53. The number of nitrogens with two attached hydrogens (primary N) is 1. The fourth-order valence-electron chi connectivity index (χ4n) is 2.20. The molecule has 0 saturated heterocycles. The maximum atomic E-state index is 6.06. The zero-order valence-corrected chi connectivity index (χ0v) is 12.1. The summed E-state index contributed by atoms with van der Waals surface area (Å²) in [6, 6.07) is 3.54. The average molecular weight is 310 g/mol. The van der Waals surface area contributed by atoms with Gasteiger partial charge in [0.05, 0.1) is 27.4 Å². The number of nitrogen functional groups attached to an aromatic ring is 1. The predicted octanol–water partition coefficient (Wildman–Crippen LogP) is 3.21. The smallest absolute Gasteiger partial charge is 0.201 e. The van der Waals surface area contributed by atoms with Gasteiger partial charge in [0.25, 0.3) is 0 Å². The maximum absolute atomic E-state index is 6.06. The minimum atomic E-state index is 0.476. The van der Waals surface area contributed by atoms with E-state index in [1.165, 1.54) is 0 Å². The molecule has 2 N–H and O–H groups in total. The van der Waals surface area contributed by atoms with E-state index in [0.29, 0.717) is 16.0 Å². The van der Waals surface area contributed by atoms with Crippen molar-refractivity contribution in [2.24, 2.45) is 0 Å². The summed E-state index contributed by atoms with van der Waals surface area (Å²) in [4.78, 5) is 8.32. The summed E-state index contributed by atoms with van der Waals surface area (Å²) >= 11 is 12.0. The summed E-state index contributed by atoms with van der Waals surface area (Å²) in [6.45, 7) is 1.64. The lowest BCUT2D eigenvalue weighted by molar-refractivity contribution is 0.575. The van der Waals surface area contributed by atoms with Crippen molar-refractivity contribution in [3.05, 3.63) is 40.9 Å². The third kappa shape index (κ3) is 2.46. The molecule has 2 heterocycles. The van der Waals surface area contributed by atoms with Gasteiger partial charge in [-0.15, -0.1) is 0 Å². The molecule has 104 valence electrons. The van der Waals surface area contributed by atoms with E-state index >= 15 is 0 Å². The molecule has 5 nitrogen and oxygen atoms in total. The molecule has 0 unspecified atom stereocenters. The Balaban J connectivity index is 1.83. The molecule has 0 aliphatic rings. The highest BCUT2D eigenvalue weighted by molar-refractivity contribution is 6.42. The number of nitrogens with zero attached hydrogens (tertiary/aromatic N) is 4. The second kappa shape index (κ2) is 5.34. The normalized spacial score (nSPS) is 11.3. The van der Waals surface area contributed by atoms with Crippen LogP contribution in [0.1, 0.15) is 6.42 Å². The van der Waals surface area contributed by atoms with E-state index in [-0.39, 0.29) is 0 Å². The number of anilines is 1. The van der Waals surface area contributed by atoms with Gasteiger partial charge < -0.3 is 14.9 Å². The average Bonchev–Trinajstić information content (AvgIpc) is 3.01. The highest BCUT2D eigenvalue weighted by Gasteiger charge is 2.10. The van der Waals surface area contributed by atoms with Gasteiger partial charge in [-0.2, -0.15) is 0 Å². The SMILES string of the molecule is Nc1nc2cc(Cl)c(Cl)cc2n1CCCn1ccnc1. The van der Waals surface area contributed by atoms with Crippen molar-refractivity contribution < 1.29 is 0 Å². The molecule has 0 saturated carbocycles. The third-order valence-electron chi connectivity index (χ3n) is 3.18. The van der Waals surface area contributed by atoms with Crippen LogP contribution in [0.3, 0.4) is 0 Å². The van der Waals surface area contributed by atoms with Crippen molar-refractivity contribution in [3.8, 4) is 0 Å². The minimum Gasteiger partial charge on any atom is -0.369 e. The number of aromatic nitrogens is 4. The number of benzene rings is 1. The molecule has 2 aromatic heterocycles. The Bertz CT molecular complexity index is 733. The van der Waals surface area contributed by atoms with Gasteiger partial charge in [-0.1, -0.05) is 23.2 Å². The van der Waals surface area contributed by atoms with E-state index in [1.54, 1.807) is 24.7 Å². The number of hydrogen-bond acceptors (Lipinski definition) is 3. The second-order valence-corrected chi connectivity index (χ2v) is 5.35. The number of halogens is 2. The maximum Gasteiger partial charge on any atom is 0.201 e. The number of hydrogen-bond donors (Lipinski definition) is 1. The summed E-state index contributed by atoms with van der Waals surface area (Å²) in [5.41, 5.74) is 7.63. The zero-order chi connectivity index (χ0) is 14.1. The first-order chi connectivity index (χ1) is 9.65. The number of fused-ring (bicyclic) bond motifs is 1. The molecule has 0 spiro atoms. The number of imidazole rings is 2. The van der Waals surface area contributed by atoms with Crippen LogP contribution in [0.25, 0.3) is 11.0 Å². The van der Waals surface area contributed by atoms with Crippen LogP contribution in [-0.2, 0) is 13.1 Å². The third-order valence-corrected chi connectivity index (χ3v) is 3.90. The van der Waals surface area contributed by atoms with Crippen molar-refractivity contribution in [3.63, 3.8) is 0 Å². The van der Waals surface area contributed by atoms with Crippen LogP contribution in [0, 0.1) is 0 Å². The largest absolute Gasteiger partial charge is 0.369 e. The van der Waals surface area contributed by atoms with E-state index < -0.39 is 0 Å². The van der Waals surface area contributed by atoms with Gasteiger partial charge in [-0.05, 0) is 18.6 Å². The molecule has 0 fully saturated rings. The van der Waals surface area contributed by atoms with Crippen molar-refractivity contribution in [2.75, 3.05) is 5.73 Å². The first-order valence-corrected chi connectivity index (χ1v) is 6.97. The monoisotopic (exact) mass is 309 g/mol. The molecule has 3 rings (SSSR count). The molecular formula is C13H13Cl2N5. The minimum absolute atomic E-state index is 0.476. The number of rotatable bonds is 4.